The van der Waals surface area contributed by atoms with Crippen LogP contribution in [0.25, 0.3) is 0 Å². The fourth-order valence-corrected chi connectivity index (χ4v) is 2.72. The smallest absolute Gasteiger partial charge is 0.410 e. The van der Waals surface area contributed by atoms with E-state index >= 15 is 0 Å². The van der Waals surface area contributed by atoms with Crippen LogP contribution in [0.1, 0.15) is 50.8 Å². The molecule has 4 nitrogen and oxygen atoms in total. The first-order chi connectivity index (χ1) is 9.28. The van der Waals surface area contributed by atoms with E-state index in [1.165, 1.54) is 0 Å². The minimum atomic E-state index is -0.475. The van der Waals surface area contributed by atoms with Crippen molar-refractivity contribution in [3.63, 3.8) is 0 Å². The molecule has 0 aliphatic carbocycles. The average molecular weight is 297 g/mol. The molecule has 1 aliphatic heterocycles. The van der Waals surface area contributed by atoms with E-state index < -0.39 is 5.60 Å². The molecule has 1 saturated heterocycles. The number of ether oxygens (including phenoxy) is 1. The van der Waals surface area contributed by atoms with Crippen LogP contribution in [0.15, 0.2) is 12.3 Å². The monoisotopic (exact) mass is 296 g/mol. The quantitative estimate of drug-likeness (QED) is 0.732. The number of halogens is 1. The number of hydrogen-bond acceptors (Lipinski definition) is 3. The van der Waals surface area contributed by atoms with Gasteiger partial charge in [-0.2, -0.15) is 0 Å². The van der Waals surface area contributed by atoms with Gasteiger partial charge in [0.05, 0.1) is 6.04 Å². The molecule has 1 amide bonds. The molecule has 1 fully saturated rings. The first-order valence-electron chi connectivity index (χ1n) is 6.89. The Balaban J connectivity index is 2.21. The summed E-state index contributed by atoms with van der Waals surface area (Å²) in [5, 5.41) is 0.480. The first-order valence-corrected chi connectivity index (χ1v) is 7.27. The molecule has 0 saturated carbocycles. The van der Waals surface area contributed by atoms with E-state index in [1.54, 1.807) is 11.1 Å². The molecular formula is C15H21ClN2O2. The van der Waals surface area contributed by atoms with E-state index in [1.807, 2.05) is 33.8 Å². The number of rotatable bonds is 1. The Morgan fingerprint density at radius 2 is 2.20 bits per heavy atom. The zero-order chi connectivity index (χ0) is 14.9. The molecule has 2 rings (SSSR count). The lowest BCUT2D eigenvalue weighted by molar-refractivity contribution is 0.0224. The molecule has 0 N–H and O–H groups in total. The zero-order valence-corrected chi connectivity index (χ0v) is 13.2. The number of amides is 1. The lowest BCUT2D eigenvalue weighted by Crippen LogP contribution is -2.36. The van der Waals surface area contributed by atoms with Crippen molar-refractivity contribution in [3.05, 3.63) is 28.5 Å². The highest BCUT2D eigenvalue weighted by molar-refractivity contribution is 6.29. The maximum Gasteiger partial charge on any atom is 0.410 e. The molecule has 1 aliphatic rings. The van der Waals surface area contributed by atoms with Crippen molar-refractivity contribution in [1.29, 1.82) is 0 Å². The number of likely N-dealkylation sites (tertiary alicyclic amines) is 1. The normalized spacial score (nSPS) is 19.2. The van der Waals surface area contributed by atoms with E-state index in [0.717, 1.165) is 30.5 Å². The summed E-state index contributed by atoms with van der Waals surface area (Å²) in [4.78, 5) is 18.2. The molecule has 0 unspecified atom stereocenters. The lowest BCUT2D eigenvalue weighted by atomic mass is 10.0. The molecule has 1 aromatic rings. The summed E-state index contributed by atoms with van der Waals surface area (Å²) in [6, 6.07) is 1.87. The van der Waals surface area contributed by atoms with Gasteiger partial charge in [-0.05, 0) is 57.7 Å². The zero-order valence-electron chi connectivity index (χ0n) is 12.4. The predicted octanol–water partition coefficient (Wildman–Crippen LogP) is 4.12. The van der Waals surface area contributed by atoms with Crippen LogP contribution in [0.2, 0.25) is 5.15 Å². The van der Waals surface area contributed by atoms with Crippen molar-refractivity contribution in [2.45, 2.75) is 52.2 Å². The highest BCUT2D eigenvalue weighted by Gasteiger charge is 2.33. The summed E-state index contributed by atoms with van der Waals surface area (Å²) < 4.78 is 5.48. The van der Waals surface area contributed by atoms with Gasteiger partial charge in [-0.15, -0.1) is 0 Å². The molecule has 20 heavy (non-hydrogen) atoms. The van der Waals surface area contributed by atoms with Crippen LogP contribution < -0.4 is 0 Å². The number of pyridine rings is 1. The summed E-state index contributed by atoms with van der Waals surface area (Å²) in [6.45, 7) is 8.36. The summed E-state index contributed by atoms with van der Waals surface area (Å²) in [7, 11) is 0. The lowest BCUT2D eigenvalue weighted by Gasteiger charge is -2.29. The maximum absolute atomic E-state index is 12.3. The van der Waals surface area contributed by atoms with E-state index in [2.05, 4.69) is 4.98 Å². The Hall–Kier alpha value is -1.29. The number of carbonyl (C=O) groups excluding carboxylic acids is 1. The third-order valence-corrected chi connectivity index (χ3v) is 3.56. The molecule has 0 bridgehead atoms. The minimum absolute atomic E-state index is 0.0367. The fraction of sp³-hybridized carbons (Fsp3) is 0.600. The topological polar surface area (TPSA) is 42.4 Å². The van der Waals surface area contributed by atoms with Crippen LogP contribution in [-0.2, 0) is 4.74 Å². The second-order valence-electron chi connectivity index (χ2n) is 6.20. The minimum Gasteiger partial charge on any atom is -0.444 e. The summed E-state index contributed by atoms with van der Waals surface area (Å²) >= 11 is 5.89. The summed E-state index contributed by atoms with van der Waals surface area (Å²) in [6.07, 6.45) is 3.43. The van der Waals surface area contributed by atoms with E-state index in [-0.39, 0.29) is 12.1 Å². The Labute approximate surface area is 125 Å². The van der Waals surface area contributed by atoms with E-state index in [9.17, 15) is 4.79 Å². The Kier molecular flexibility index (Phi) is 4.23. The molecule has 0 radical (unpaired) electrons. The van der Waals surface area contributed by atoms with Gasteiger partial charge in [0, 0.05) is 12.7 Å². The number of aryl methyl sites for hydroxylation is 1. The second kappa shape index (κ2) is 5.60. The van der Waals surface area contributed by atoms with Gasteiger partial charge >= 0.3 is 6.09 Å². The molecule has 0 spiro atoms. The van der Waals surface area contributed by atoms with Crippen molar-refractivity contribution in [3.8, 4) is 0 Å². The Morgan fingerprint density at radius 1 is 1.50 bits per heavy atom. The molecule has 110 valence electrons. The number of nitrogens with zero attached hydrogens (tertiary/aromatic N) is 2. The molecule has 1 atom stereocenters. The predicted molar refractivity (Wildman–Crippen MR) is 78.9 cm³/mol. The van der Waals surface area contributed by atoms with E-state index in [4.69, 9.17) is 16.3 Å². The third kappa shape index (κ3) is 3.42. The van der Waals surface area contributed by atoms with E-state index in [0.29, 0.717) is 5.15 Å². The van der Waals surface area contributed by atoms with Gasteiger partial charge in [-0.1, -0.05) is 11.6 Å². The van der Waals surface area contributed by atoms with Crippen LogP contribution in [0, 0.1) is 6.92 Å². The molecule has 0 aromatic carbocycles. The van der Waals surface area contributed by atoms with Gasteiger partial charge < -0.3 is 9.64 Å². The Bertz CT molecular complexity index is 511. The van der Waals surface area contributed by atoms with Crippen LogP contribution in [0.3, 0.4) is 0 Å². The summed E-state index contributed by atoms with van der Waals surface area (Å²) in [5.74, 6) is 0. The van der Waals surface area contributed by atoms with Crippen LogP contribution >= 0.6 is 11.6 Å². The maximum atomic E-state index is 12.3. The van der Waals surface area contributed by atoms with Crippen molar-refractivity contribution >= 4 is 17.7 Å². The first kappa shape index (κ1) is 15.1. The van der Waals surface area contributed by atoms with Gasteiger partial charge in [0.25, 0.3) is 0 Å². The van der Waals surface area contributed by atoms with Crippen LogP contribution in [0.4, 0.5) is 4.79 Å². The van der Waals surface area contributed by atoms with Crippen molar-refractivity contribution in [1.82, 2.24) is 9.88 Å². The van der Waals surface area contributed by atoms with Gasteiger partial charge in [0.2, 0.25) is 0 Å². The summed E-state index contributed by atoms with van der Waals surface area (Å²) in [5.41, 5.74) is 1.64. The van der Waals surface area contributed by atoms with Crippen molar-refractivity contribution in [2.24, 2.45) is 0 Å². The van der Waals surface area contributed by atoms with Crippen molar-refractivity contribution in [2.75, 3.05) is 6.54 Å². The molecule has 2 heterocycles. The molecule has 1 aromatic heterocycles. The molecular weight excluding hydrogens is 276 g/mol. The van der Waals surface area contributed by atoms with Crippen LogP contribution in [-0.4, -0.2) is 28.1 Å². The number of hydrogen-bond donors (Lipinski definition) is 0. The third-order valence-electron chi connectivity index (χ3n) is 3.36. The largest absolute Gasteiger partial charge is 0.444 e. The SMILES string of the molecule is Cc1cc(Cl)ncc1[C@@H]1CCCN1C(=O)OC(C)(C)C. The average Bonchev–Trinajstić information content (AvgIpc) is 2.75. The van der Waals surface area contributed by atoms with Gasteiger partial charge in [0.15, 0.2) is 0 Å². The molecule has 5 heteroatoms. The van der Waals surface area contributed by atoms with Crippen molar-refractivity contribution < 1.29 is 9.53 Å². The highest BCUT2D eigenvalue weighted by Crippen LogP contribution is 2.34. The number of carbonyl (C=O) groups is 1. The Morgan fingerprint density at radius 3 is 2.80 bits per heavy atom. The number of aromatic nitrogens is 1. The highest BCUT2D eigenvalue weighted by atomic mass is 35.5. The standard InChI is InChI=1S/C15H21ClN2O2/c1-10-8-13(16)17-9-11(10)12-6-5-7-18(12)14(19)20-15(2,3)4/h8-9,12H,5-7H2,1-4H3/t12-/m0/s1. The second-order valence-corrected chi connectivity index (χ2v) is 6.58. The van der Waals surface area contributed by atoms with Gasteiger partial charge in [-0.3, -0.25) is 0 Å². The van der Waals surface area contributed by atoms with Gasteiger partial charge in [-0.25, -0.2) is 9.78 Å². The fourth-order valence-electron chi connectivity index (χ4n) is 2.51. The van der Waals surface area contributed by atoms with Gasteiger partial charge in [0.1, 0.15) is 10.8 Å². The van der Waals surface area contributed by atoms with Crippen LogP contribution in [0.5, 0.6) is 0 Å².